The fraction of sp³-hybridized carbons (Fsp3) is 0.389. The number of aromatic amines is 1. The molecule has 3 rings (SSSR count). The molecule has 29 heavy (non-hydrogen) atoms. The van der Waals surface area contributed by atoms with Crippen LogP contribution in [0.5, 0.6) is 5.75 Å². The van der Waals surface area contributed by atoms with Gasteiger partial charge in [0.2, 0.25) is 0 Å². The molecular weight excluding hydrogens is 393 g/mol. The molecule has 156 valence electrons. The van der Waals surface area contributed by atoms with Gasteiger partial charge < -0.3 is 24.7 Å². The summed E-state index contributed by atoms with van der Waals surface area (Å²) in [4.78, 5) is 33.0. The number of nitrogens with zero attached hydrogens (tertiary/aromatic N) is 2. The first-order chi connectivity index (χ1) is 13.7. The maximum Gasteiger partial charge on any atom is 0.573 e. The Labute approximate surface area is 164 Å². The highest BCUT2D eigenvalue weighted by Gasteiger charge is 2.39. The van der Waals surface area contributed by atoms with Crippen molar-refractivity contribution < 1.29 is 32.2 Å². The van der Waals surface area contributed by atoms with Crippen LogP contribution in [0.3, 0.4) is 0 Å². The number of imidazole rings is 1. The minimum Gasteiger partial charge on any atom is -0.467 e. The third-order valence-electron chi connectivity index (χ3n) is 4.52. The molecule has 0 saturated heterocycles. The topological polar surface area (TPSA) is 96.6 Å². The first kappa shape index (κ1) is 20.5. The Morgan fingerprint density at radius 3 is 2.76 bits per heavy atom. The second-order valence-electron chi connectivity index (χ2n) is 6.39. The number of carbonyl (C=O) groups is 2. The number of hydrogen-bond donors (Lipinski definition) is 2. The predicted octanol–water partition coefficient (Wildman–Crippen LogP) is 2.53. The van der Waals surface area contributed by atoms with E-state index in [1.165, 1.54) is 43.5 Å². The molecule has 1 aliphatic heterocycles. The fourth-order valence-corrected chi connectivity index (χ4v) is 3.24. The summed E-state index contributed by atoms with van der Waals surface area (Å²) < 4.78 is 47.4. The number of amides is 2. The smallest absolute Gasteiger partial charge is 0.467 e. The van der Waals surface area contributed by atoms with Gasteiger partial charge in [0.25, 0.3) is 0 Å². The third kappa shape index (κ3) is 4.44. The third-order valence-corrected chi connectivity index (χ3v) is 4.52. The molecule has 0 bridgehead atoms. The van der Waals surface area contributed by atoms with Crippen molar-refractivity contribution in [3.63, 3.8) is 0 Å². The Balaban J connectivity index is 1.99. The molecule has 0 spiro atoms. The number of methoxy groups -OCH3 is 1. The number of hydrogen-bond acceptors (Lipinski definition) is 5. The van der Waals surface area contributed by atoms with Crippen LogP contribution in [0.25, 0.3) is 0 Å². The molecule has 2 aromatic rings. The molecule has 0 fully saturated rings. The summed E-state index contributed by atoms with van der Waals surface area (Å²) in [5, 5.41) is 2.50. The van der Waals surface area contributed by atoms with E-state index in [2.05, 4.69) is 24.8 Å². The quantitative estimate of drug-likeness (QED) is 0.753. The van der Waals surface area contributed by atoms with E-state index in [1.54, 1.807) is 6.07 Å². The highest BCUT2D eigenvalue weighted by molar-refractivity contribution is 5.83. The number of fused-ring (bicyclic) bond motifs is 1. The molecule has 0 radical (unpaired) electrons. The van der Waals surface area contributed by atoms with Crippen molar-refractivity contribution in [2.75, 3.05) is 13.7 Å². The number of rotatable bonds is 4. The second-order valence-corrected chi connectivity index (χ2v) is 6.39. The highest BCUT2D eigenvalue weighted by atomic mass is 19.4. The van der Waals surface area contributed by atoms with Gasteiger partial charge in [0.15, 0.2) is 0 Å². The van der Waals surface area contributed by atoms with Crippen LogP contribution in [0.15, 0.2) is 30.6 Å². The van der Waals surface area contributed by atoms with Crippen molar-refractivity contribution in [1.29, 1.82) is 0 Å². The molecule has 2 heterocycles. The number of alkyl halides is 3. The van der Waals surface area contributed by atoms with Crippen molar-refractivity contribution in [1.82, 2.24) is 20.2 Å². The van der Waals surface area contributed by atoms with Gasteiger partial charge in [0.1, 0.15) is 17.8 Å². The van der Waals surface area contributed by atoms with Crippen LogP contribution in [0.2, 0.25) is 0 Å². The number of H-pyrrole nitrogens is 1. The molecule has 1 aliphatic rings. The van der Waals surface area contributed by atoms with Gasteiger partial charge in [-0.15, -0.1) is 13.2 Å². The fourth-order valence-electron chi connectivity index (χ4n) is 3.24. The Bertz CT molecular complexity index is 899. The van der Waals surface area contributed by atoms with Crippen LogP contribution in [-0.2, 0) is 16.0 Å². The zero-order chi connectivity index (χ0) is 21.2. The maximum atomic E-state index is 12.9. The number of para-hydroxylation sites is 1. The zero-order valence-electron chi connectivity index (χ0n) is 15.6. The lowest BCUT2D eigenvalue weighted by Crippen LogP contribution is -2.50. The standard InChI is InChI=1S/C18H19F3N4O4/c1-10(16(26)28-2)24-17(27)25-8-7-12-14(23-9-22-12)15(25)11-5-3-4-6-13(11)29-18(19,20)21/h3-6,9-10,15H,7-8H2,1-2H3,(H,22,23)(H,24,27)/t10-,15-/m1/s1. The van der Waals surface area contributed by atoms with Gasteiger partial charge in [-0.2, -0.15) is 0 Å². The van der Waals surface area contributed by atoms with Crippen LogP contribution in [0, 0.1) is 0 Å². The lowest BCUT2D eigenvalue weighted by molar-refractivity contribution is -0.275. The van der Waals surface area contributed by atoms with Gasteiger partial charge in [-0.1, -0.05) is 18.2 Å². The molecule has 2 N–H and O–H groups in total. The number of benzene rings is 1. The minimum absolute atomic E-state index is 0.124. The SMILES string of the molecule is COC(=O)[C@@H](C)NC(=O)N1CCc2[nH]cnc2[C@H]1c1ccccc1OC(F)(F)F. The van der Waals surface area contributed by atoms with E-state index in [4.69, 9.17) is 0 Å². The van der Waals surface area contributed by atoms with Gasteiger partial charge in [-0.25, -0.2) is 14.6 Å². The average molecular weight is 412 g/mol. The van der Waals surface area contributed by atoms with Crippen molar-refractivity contribution in [2.45, 2.75) is 31.8 Å². The van der Waals surface area contributed by atoms with Crippen molar-refractivity contribution in [3.8, 4) is 5.75 Å². The molecule has 0 unspecified atom stereocenters. The molecule has 11 heteroatoms. The van der Waals surface area contributed by atoms with Gasteiger partial charge >= 0.3 is 18.4 Å². The number of carbonyl (C=O) groups excluding carboxylic acids is 2. The van der Waals surface area contributed by atoms with Crippen molar-refractivity contribution in [3.05, 3.63) is 47.5 Å². The van der Waals surface area contributed by atoms with Crippen molar-refractivity contribution >= 4 is 12.0 Å². The molecule has 2 atom stereocenters. The predicted molar refractivity (Wildman–Crippen MR) is 94.0 cm³/mol. The number of ether oxygens (including phenoxy) is 2. The summed E-state index contributed by atoms with van der Waals surface area (Å²) in [7, 11) is 1.19. The van der Waals surface area contributed by atoms with E-state index < -0.39 is 36.2 Å². The minimum atomic E-state index is -4.90. The number of aromatic nitrogens is 2. The van der Waals surface area contributed by atoms with Gasteiger partial charge in [-0.05, 0) is 13.0 Å². The Morgan fingerprint density at radius 2 is 2.07 bits per heavy atom. The summed E-state index contributed by atoms with van der Waals surface area (Å²) in [6.07, 6.45) is -3.05. The normalized spacial score (nSPS) is 17.3. The van der Waals surface area contributed by atoms with E-state index in [0.29, 0.717) is 17.8 Å². The first-order valence-electron chi connectivity index (χ1n) is 8.73. The Hall–Kier alpha value is -3.24. The van der Waals surface area contributed by atoms with E-state index in [1.807, 2.05) is 0 Å². The number of urea groups is 1. The molecule has 8 nitrogen and oxygen atoms in total. The summed E-state index contributed by atoms with van der Waals surface area (Å²) in [5.74, 6) is -1.08. The summed E-state index contributed by atoms with van der Waals surface area (Å²) >= 11 is 0. The van der Waals surface area contributed by atoms with Crippen molar-refractivity contribution in [2.24, 2.45) is 0 Å². The van der Waals surface area contributed by atoms with E-state index in [-0.39, 0.29) is 12.1 Å². The van der Waals surface area contributed by atoms with Crippen LogP contribution in [-0.4, -0.2) is 52.9 Å². The molecule has 1 aromatic carbocycles. The summed E-state index contributed by atoms with van der Waals surface area (Å²) in [6.45, 7) is 1.64. The Kier molecular flexibility index (Phi) is 5.66. The number of halogens is 3. The molecular formula is C18H19F3N4O4. The zero-order valence-corrected chi connectivity index (χ0v) is 15.6. The number of nitrogens with one attached hydrogen (secondary N) is 2. The first-order valence-corrected chi connectivity index (χ1v) is 8.73. The molecule has 0 saturated carbocycles. The van der Waals surface area contributed by atoms with Crippen LogP contribution >= 0.6 is 0 Å². The second kappa shape index (κ2) is 8.02. The van der Waals surface area contributed by atoms with Crippen LogP contribution in [0.1, 0.15) is 29.9 Å². The highest BCUT2D eigenvalue weighted by Crippen LogP contribution is 2.39. The number of esters is 1. The van der Waals surface area contributed by atoms with E-state index in [0.717, 1.165) is 0 Å². The van der Waals surface area contributed by atoms with E-state index >= 15 is 0 Å². The van der Waals surface area contributed by atoms with Gasteiger partial charge in [0.05, 0.1) is 19.1 Å². The lowest BCUT2D eigenvalue weighted by atomic mass is 9.95. The van der Waals surface area contributed by atoms with Crippen LogP contribution in [0.4, 0.5) is 18.0 Å². The summed E-state index contributed by atoms with van der Waals surface area (Å²) in [5.41, 5.74) is 1.25. The summed E-state index contributed by atoms with van der Waals surface area (Å²) in [6, 6.07) is 3.07. The average Bonchev–Trinajstić information content (AvgIpc) is 3.14. The monoisotopic (exact) mass is 412 g/mol. The molecule has 0 aliphatic carbocycles. The van der Waals surface area contributed by atoms with Gasteiger partial charge in [-0.3, -0.25) is 0 Å². The van der Waals surface area contributed by atoms with Crippen LogP contribution < -0.4 is 10.1 Å². The Morgan fingerprint density at radius 1 is 1.34 bits per heavy atom. The van der Waals surface area contributed by atoms with E-state index in [9.17, 15) is 22.8 Å². The lowest BCUT2D eigenvalue weighted by Gasteiger charge is -2.36. The molecule has 2 amide bonds. The molecule has 1 aromatic heterocycles. The maximum absolute atomic E-state index is 12.9. The van der Waals surface area contributed by atoms with Gasteiger partial charge in [0, 0.05) is 24.2 Å². The largest absolute Gasteiger partial charge is 0.573 e.